The monoisotopic (exact) mass is 482 g/mol. The third-order valence-electron chi connectivity index (χ3n) is 4.67. The van der Waals surface area contributed by atoms with Crippen LogP contribution in [0.15, 0.2) is 60.9 Å². The predicted octanol–water partition coefficient (Wildman–Crippen LogP) is 4.30. The Bertz CT molecular complexity index is 1150. The van der Waals surface area contributed by atoms with Crippen molar-refractivity contribution >= 4 is 35.2 Å². The smallest absolute Gasteiger partial charge is 0.246 e. The number of anilines is 1. The summed E-state index contributed by atoms with van der Waals surface area (Å²) in [5, 5.41) is 10.1. The van der Waals surface area contributed by atoms with Crippen LogP contribution in [0, 0.1) is 0 Å². The second-order valence-electron chi connectivity index (χ2n) is 7.39. The summed E-state index contributed by atoms with van der Waals surface area (Å²) in [7, 11) is 1.54. The van der Waals surface area contributed by atoms with Crippen molar-refractivity contribution < 1.29 is 19.1 Å². The molecule has 2 amide bonds. The molecule has 0 fully saturated rings. The fourth-order valence-electron chi connectivity index (χ4n) is 3.10. The number of aromatic nitrogens is 2. The van der Waals surface area contributed by atoms with Crippen molar-refractivity contribution in [3.05, 3.63) is 77.1 Å². The number of halogens is 1. The molecule has 2 N–H and O–H groups in total. The first-order valence-corrected chi connectivity index (χ1v) is 11.2. The summed E-state index contributed by atoms with van der Waals surface area (Å²) in [6.07, 6.45) is 7.26. The maximum atomic E-state index is 12.3. The van der Waals surface area contributed by atoms with E-state index in [0.29, 0.717) is 40.9 Å². The number of methoxy groups -OCH3 is 1. The summed E-state index contributed by atoms with van der Waals surface area (Å²) in [6.45, 7) is 2.97. The van der Waals surface area contributed by atoms with E-state index in [1.165, 1.54) is 6.08 Å². The Morgan fingerprint density at radius 1 is 1.21 bits per heavy atom. The van der Waals surface area contributed by atoms with Crippen molar-refractivity contribution in [1.29, 1.82) is 0 Å². The largest absolute Gasteiger partial charge is 0.493 e. The summed E-state index contributed by atoms with van der Waals surface area (Å²) < 4.78 is 12.6. The Balaban J connectivity index is 1.55. The van der Waals surface area contributed by atoms with Crippen molar-refractivity contribution in [2.45, 2.75) is 26.4 Å². The van der Waals surface area contributed by atoms with Gasteiger partial charge >= 0.3 is 0 Å². The van der Waals surface area contributed by atoms with Gasteiger partial charge < -0.3 is 20.1 Å². The number of ether oxygens (including phenoxy) is 2. The van der Waals surface area contributed by atoms with Crippen LogP contribution in [-0.2, 0) is 22.7 Å². The lowest BCUT2D eigenvalue weighted by atomic mass is 10.1. The zero-order valence-electron chi connectivity index (χ0n) is 19.1. The van der Waals surface area contributed by atoms with Crippen LogP contribution in [0.1, 0.15) is 24.5 Å². The normalized spacial score (nSPS) is 10.8. The number of nitrogens with one attached hydrogen (secondary N) is 2. The van der Waals surface area contributed by atoms with Gasteiger partial charge in [0, 0.05) is 30.7 Å². The lowest BCUT2D eigenvalue weighted by Crippen LogP contribution is -2.21. The van der Waals surface area contributed by atoms with Crippen molar-refractivity contribution in [2.75, 3.05) is 19.0 Å². The maximum Gasteiger partial charge on any atom is 0.246 e. The predicted molar refractivity (Wildman–Crippen MR) is 132 cm³/mol. The van der Waals surface area contributed by atoms with Crippen molar-refractivity contribution in [1.82, 2.24) is 15.1 Å². The minimum atomic E-state index is -0.269. The number of carbonyl (C=O) groups is 2. The Hall–Kier alpha value is -3.78. The standard InChI is InChI=1S/C25H27ClN4O4/c1-3-12-34-25-21(26)14-18(15-22(25)33-2)8-9-23(31)27-16-19-6-4-7-20(13-19)29-24(32)17-30-11-5-10-28-30/h4-11,13-15H,3,12,16-17H2,1-2H3,(H,27,31)(H,29,32)/b9-8+. The first-order chi connectivity index (χ1) is 16.5. The molecule has 0 unspecified atom stereocenters. The van der Waals surface area contributed by atoms with Crippen LogP contribution in [0.5, 0.6) is 11.5 Å². The SMILES string of the molecule is CCCOc1c(Cl)cc(/C=C/C(=O)NCc2cccc(NC(=O)Cn3cccn3)c2)cc1OC. The molecule has 0 atom stereocenters. The van der Waals surface area contributed by atoms with E-state index in [4.69, 9.17) is 21.1 Å². The van der Waals surface area contributed by atoms with Gasteiger partial charge in [-0.15, -0.1) is 0 Å². The molecule has 9 heteroatoms. The minimum Gasteiger partial charge on any atom is -0.493 e. The highest BCUT2D eigenvalue weighted by atomic mass is 35.5. The zero-order valence-corrected chi connectivity index (χ0v) is 19.8. The van der Waals surface area contributed by atoms with Gasteiger partial charge in [0.05, 0.1) is 18.7 Å². The summed E-state index contributed by atoms with van der Waals surface area (Å²) in [5.74, 6) is 0.541. The molecule has 0 bridgehead atoms. The highest BCUT2D eigenvalue weighted by Crippen LogP contribution is 2.36. The van der Waals surface area contributed by atoms with Crippen molar-refractivity contribution in [3.8, 4) is 11.5 Å². The number of hydrogen-bond acceptors (Lipinski definition) is 5. The molecule has 3 aromatic rings. The molecule has 3 rings (SSSR count). The average Bonchev–Trinajstić information content (AvgIpc) is 3.33. The molecule has 0 aliphatic carbocycles. The first-order valence-electron chi connectivity index (χ1n) is 10.8. The molecule has 0 radical (unpaired) electrons. The lowest BCUT2D eigenvalue weighted by Gasteiger charge is -2.12. The molecule has 178 valence electrons. The van der Waals surface area contributed by atoms with Gasteiger partial charge in [-0.1, -0.05) is 30.7 Å². The molecule has 8 nitrogen and oxygen atoms in total. The van der Waals surface area contributed by atoms with E-state index in [0.717, 1.165) is 12.0 Å². The van der Waals surface area contributed by atoms with Crippen LogP contribution < -0.4 is 20.1 Å². The maximum absolute atomic E-state index is 12.3. The van der Waals surface area contributed by atoms with Gasteiger partial charge in [-0.25, -0.2) is 0 Å². The summed E-state index contributed by atoms with van der Waals surface area (Å²) >= 11 is 6.32. The zero-order chi connectivity index (χ0) is 24.3. The van der Waals surface area contributed by atoms with Gasteiger partial charge in [0.1, 0.15) is 6.54 Å². The van der Waals surface area contributed by atoms with Gasteiger partial charge in [0.15, 0.2) is 11.5 Å². The van der Waals surface area contributed by atoms with Gasteiger partial charge in [-0.2, -0.15) is 5.10 Å². The van der Waals surface area contributed by atoms with Crippen molar-refractivity contribution in [3.63, 3.8) is 0 Å². The van der Waals surface area contributed by atoms with Gasteiger partial charge in [-0.05, 0) is 54.0 Å². The number of benzene rings is 2. The molecule has 2 aromatic carbocycles. The first kappa shape index (κ1) is 24.9. The average molecular weight is 483 g/mol. The fraction of sp³-hybridized carbons (Fsp3) is 0.240. The van der Waals surface area contributed by atoms with E-state index >= 15 is 0 Å². The number of carbonyl (C=O) groups excluding carboxylic acids is 2. The molecule has 0 aliphatic heterocycles. The highest BCUT2D eigenvalue weighted by Gasteiger charge is 2.11. The van der Waals surface area contributed by atoms with Crippen molar-refractivity contribution in [2.24, 2.45) is 0 Å². The highest BCUT2D eigenvalue weighted by molar-refractivity contribution is 6.32. The van der Waals surface area contributed by atoms with E-state index in [1.54, 1.807) is 54.5 Å². The van der Waals surface area contributed by atoms with Crippen LogP contribution in [0.25, 0.3) is 6.08 Å². The number of hydrogen-bond donors (Lipinski definition) is 2. The van der Waals surface area contributed by atoms with Crippen LogP contribution in [0.4, 0.5) is 5.69 Å². The van der Waals surface area contributed by atoms with Gasteiger partial charge in [-0.3, -0.25) is 14.3 Å². The van der Waals surface area contributed by atoms with Crippen LogP contribution in [0.3, 0.4) is 0 Å². The minimum absolute atomic E-state index is 0.124. The molecule has 34 heavy (non-hydrogen) atoms. The quantitative estimate of drug-likeness (QED) is 0.397. The van der Waals surface area contributed by atoms with Gasteiger partial charge in [0.25, 0.3) is 0 Å². The molecular formula is C25H27ClN4O4. The summed E-state index contributed by atoms with van der Waals surface area (Å²) in [5.41, 5.74) is 2.20. The molecule has 1 heterocycles. The molecular weight excluding hydrogens is 456 g/mol. The third-order valence-corrected chi connectivity index (χ3v) is 4.95. The van der Waals surface area contributed by atoms with E-state index in [1.807, 2.05) is 25.1 Å². The van der Waals surface area contributed by atoms with Crippen LogP contribution >= 0.6 is 11.6 Å². The Morgan fingerprint density at radius 3 is 2.79 bits per heavy atom. The lowest BCUT2D eigenvalue weighted by molar-refractivity contribution is -0.117. The van der Waals surface area contributed by atoms with E-state index in [9.17, 15) is 9.59 Å². The van der Waals surface area contributed by atoms with Crippen LogP contribution in [-0.4, -0.2) is 35.3 Å². The second-order valence-corrected chi connectivity index (χ2v) is 7.79. The fourth-order valence-corrected chi connectivity index (χ4v) is 3.37. The van der Waals surface area contributed by atoms with Crippen LogP contribution in [0.2, 0.25) is 5.02 Å². The number of amides is 2. The second kappa shape index (κ2) is 12.5. The Morgan fingerprint density at radius 2 is 2.06 bits per heavy atom. The Labute approximate surface area is 203 Å². The molecule has 0 saturated carbocycles. The number of nitrogens with zero attached hydrogens (tertiary/aromatic N) is 2. The Kier molecular flexibility index (Phi) is 9.11. The molecule has 0 spiro atoms. The van der Waals surface area contributed by atoms with E-state index in [2.05, 4.69) is 15.7 Å². The summed E-state index contributed by atoms with van der Waals surface area (Å²) in [6, 6.07) is 12.5. The third kappa shape index (κ3) is 7.38. The number of rotatable bonds is 11. The molecule has 0 saturated heterocycles. The van der Waals surface area contributed by atoms with E-state index < -0.39 is 0 Å². The topological polar surface area (TPSA) is 94.5 Å². The molecule has 0 aliphatic rings. The summed E-state index contributed by atoms with van der Waals surface area (Å²) in [4.78, 5) is 24.5. The van der Waals surface area contributed by atoms with Gasteiger partial charge in [0.2, 0.25) is 11.8 Å². The molecule has 1 aromatic heterocycles. The van der Waals surface area contributed by atoms with E-state index in [-0.39, 0.29) is 18.4 Å².